The van der Waals surface area contributed by atoms with Crippen molar-refractivity contribution in [1.82, 2.24) is 0 Å². The number of halogens is 1. The normalized spacial score (nSPS) is 23.7. The van der Waals surface area contributed by atoms with Crippen LogP contribution in [0.4, 0.5) is 5.69 Å². The van der Waals surface area contributed by atoms with Gasteiger partial charge in [0.15, 0.2) is 15.0 Å². The summed E-state index contributed by atoms with van der Waals surface area (Å²) in [5, 5.41) is 0.494. The Morgan fingerprint density at radius 2 is 1.77 bits per heavy atom. The van der Waals surface area contributed by atoms with Gasteiger partial charge in [-0.05, 0) is 49.6 Å². The average Bonchev–Trinajstić information content (AvgIpc) is 3.08. The highest BCUT2D eigenvalue weighted by Gasteiger charge is 2.50. The number of nitrogens with zero attached hydrogens (tertiary/aromatic N) is 2. The van der Waals surface area contributed by atoms with Gasteiger partial charge in [0.2, 0.25) is 0 Å². The highest BCUT2D eigenvalue weighted by atomic mass is 79.9. The van der Waals surface area contributed by atoms with E-state index in [1.807, 2.05) is 62.1 Å². The molecule has 0 N–H and O–H groups in total. The van der Waals surface area contributed by atoms with Crippen LogP contribution in [0.1, 0.15) is 22.3 Å². The molecule has 0 spiro atoms. The fraction of sp³-hybridized carbons (Fsp3) is 0.364. The van der Waals surface area contributed by atoms with Crippen molar-refractivity contribution in [3.8, 4) is 0 Å². The first-order valence-corrected chi connectivity index (χ1v) is 13.2. The Morgan fingerprint density at radius 3 is 2.40 bits per heavy atom. The van der Waals surface area contributed by atoms with Crippen molar-refractivity contribution in [2.75, 3.05) is 16.4 Å². The Bertz CT molecular complexity index is 1120. The average molecular weight is 507 g/mol. The summed E-state index contributed by atoms with van der Waals surface area (Å²) >= 11 is 4.94. The number of hydrogen-bond donors (Lipinski definition) is 0. The van der Waals surface area contributed by atoms with Crippen molar-refractivity contribution in [2.24, 2.45) is 4.99 Å². The number of benzene rings is 2. The number of thioether (sulfide) groups is 1. The van der Waals surface area contributed by atoms with Gasteiger partial charge < -0.3 is 4.90 Å². The number of sulfone groups is 1. The Labute approximate surface area is 190 Å². The Balaban J connectivity index is 1.70. The van der Waals surface area contributed by atoms with Crippen LogP contribution in [0.15, 0.2) is 45.9 Å². The minimum absolute atomic E-state index is 0.0881. The maximum Gasteiger partial charge on any atom is 0.252 e. The monoisotopic (exact) mass is 506 g/mol. The first kappa shape index (κ1) is 21.6. The van der Waals surface area contributed by atoms with Crippen LogP contribution in [-0.2, 0) is 21.1 Å². The predicted octanol–water partition coefficient (Wildman–Crippen LogP) is 4.22. The first-order chi connectivity index (χ1) is 14.1. The molecule has 0 unspecified atom stereocenters. The molecule has 0 radical (unpaired) electrons. The molecule has 2 aliphatic rings. The largest absolute Gasteiger partial charge is 0.315 e. The number of amides is 1. The maximum absolute atomic E-state index is 12.7. The van der Waals surface area contributed by atoms with Crippen molar-refractivity contribution >= 4 is 54.3 Å². The summed E-state index contributed by atoms with van der Waals surface area (Å²) in [6.45, 7) is 6.01. The van der Waals surface area contributed by atoms with Gasteiger partial charge in [-0.1, -0.05) is 57.5 Å². The zero-order valence-electron chi connectivity index (χ0n) is 17.1. The van der Waals surface area contributed by atoms with E-state index in [4.69, 9.17) is 0 Å². The number of anilines is 1. The second-order valence-corrected chi connectivity index (χ2v) is 12.3. The lowest BCUT2D eigenvalue weighted by molar-refractivity contribution is -0.117. The number of fused-ring (bicyclic) bond motifs is 1. The molecule has 0 aliphatic carbocycles. The summed E-state index contributed by atoms with van der Waals surface area (Å²) in [4.78, 5) is 19.2. The van der Waals surface area contributed by atoms with Crippen LogP contribution in [0, 0.1) is 20.8 Å². The van der Waals surface area contributed by atoms with Gasteiger partial charge in [0.05, 0.1) is 24.0 Å². The fourth-order valence-corrected chi connectivity index (χ4v) is 8.74. The molecule has 1 amide bonds. The summed E-state index contributed by atoms with van der Waals surface area (Å²) in [7, 11) is -3.10. The second-order valence-electron chi connectivity index (χ2n) is 8.01. The molecule has 2 aliphatic heterocycles. The molecule has 2 saturated heterocycles. The molecular weight excluding hydrogens is 484 g/mol. The SMILES string of the molecule is Cc1ccc(CC(=O)N=C2S[C@H]3CS(=O)(=O)C[C@@H]3N2c2c(C)cc(Br)cc2C)cc1. The Hall–Kier alpha value is -1.64. The van der Waals surface area contributed by atoms with E-state index in [1.54, 1.807) is 0 Å². The molecule has 2 aromatic carbocycles. The van der Waals surface area contributed by atoms with Gasteiger partial charge >= 0.3 is 0 Å². The number of carbonyl (C=O) groups excluding carboxylic acids is 1. The number of amidine groups is 1. The van der Waals surface area contributed by atoms with Crippen LogP contribution in [0.2, 0.25) is 0 Å². The van der Waals surface area contributed by atoms with Crippen molar-refractivity contribution in [3.63, 3.8) is 0 Å². The minimum Gasteiger partial charge on any atom is -0.315 e. The molecule has 2 heterocycles. The second kappa shape index (κ2) is 8.13. The van der Waals surface area contributed by atoms with Gasteiger partial charge in [0, 0.05) is 15.4 Å². The van der Waals surface area contributed by atoms with Gasteiger partial charge in [-0.25, -0.2) is 8.42 Å². The minimum atomic E-state index is -3.10. The number of hydrogen-bond acceptors (Lipinski definition) is 4. The van der Waals surface area contributed by atoms with E-state index in [2.05, 4.69) is 20.9 Å². The summed E-state index contributed by atoms with van der Waals surface area (Å²) in [6.07, 6.45) is 0.226. The topological polar surface area (TPSA) is 66.8 Å². The molecule has 2 aromatic rings. The zero-order valence-corrected chi connectivity index (χ0v) is 20.3. The van der Waals surface area contributed by atoms with E-state index in [1.165, 1.54) is 11.8 Å². The Kier molecular flexibility index (Phi) is 5.85. The van der Waals surface area contributed by atoms with Gasteiger partial charge in [0.1, 0.15) is 0 Å². The van der Waals surface area contributed by atoms with E-state index < -0.39 is 9.84 Å². The predicted molar refractivity (Wildman–Crippen MR) is 127 cm³/mol. The number of rotatable bonds is 3. The van der Waals surface area contributed by atoms with Crippen molar-refractivity contribution in [2.45, 2.75) is 38.5 Å². The lowest BCUT2D eigenvalue weighted by Gasteiger charge is -2.28. The smallest absolute Gasteiger partial charge is 0.252 e. The molecule has 0 saturated carbocycles. The molecule has 5 nitrogen and oxygen atoms in total. The van der Waals surface area contributed by atoms with Crippen molar-refractivity contribution < 1.29 is 13.2 Å². The first-order valence-electron chi connectivity index (χ1n) is 9.73. The molecule has 0 aromatic heterocycles. The van der Waals surface area contributed by atoms with Gasteiger partial charge in [-0.3, -0.25) is 4.79 Å². The fourth-order valence-electron chi connectivity index (χ4n) is 4.14. The van der Waals surface area contributed by atoms with Gasteiger partial charge in [0.25, 0.3) is 5.91 Å². The molecule has 2 fully saturated rings. The van der Waals surface area contributed by atoms with Crippen LogP contribution in [0.3, 0.4) is 0 Å². The third-order valence-electron chi connectivity index (χ3n) is 5.46. The third-order valence-corrected chi connectivity index (χ3v) is 9.13. The molecule has 8 heteroatoms. The number of aryl methyl sites for hydroxylation is 3. The van der Waals surface area contributed by atoms with Gasteiger partial charge in [-0.15, -0.1) is 0 Å². The summed E-state index contributed by atoms with van der Waals surface area (Å²) < 4.78 is 25.5. The lowest BCUT2D eigenvalue weighted by atomic mass is 10.1. The summed E-state index contributed by atoms with van der Waals surface area (Å²) in [5.41, 5.74) is 5.04. The Morgan fingerprint density at radius 1 is 1.13 bits per heavy atom. The van der Waals surface area contributed by atoms with Crippen molar-refractivity contribution in [1.29, 1.82) is 0 Å². The van der Waals surface area contributed by atoms with E-state index in [0.717, 1.165) is 32.4 Å². The molecule has 30 heavy (non-hydrogen) atoms. The van der Waals surface area contributed by atoms with Crippen LogP contribution in [0.25, 0.3) is 0 Å². The molecular formula is C22H23BrN2O3S2. The van der Waals surface area contributed by atoms with E-state index in [9.17, 15) is 13.2 Å². The van der Waals surface area contributed by atoms with E-state index in [-0.39, 0.29) is 35.1 Å². The standard InChI is InChI=1S/C22H23BrN2O3S2/c1-13-4-6-16(7-5-13)10-20(26)24-22-25(18-11-30(27,28)12-19(18)29-22)21-14(2)8-17(23)9-15(21)3/h4-9,18-19H,10-12H2,1-3H3/t18-,19-/m0/s1. The van der Waals surface area contributed by atoms with Crippen LogP contribution < -0.4 is 4.90 Å². The lowest BCUT2D eigenvalue weighted by Crippen LogP contribution is -2.38. The highest BCUT2D eigenvalue weighted by Crippen LogP contribution is 2.43. The summed E-state index contributed by atoms with van der Waals surface area (Å²) in [5.74, 6) is -0.00902. The maximum atomic E-state index is 12.7. The van der Waals surface area contributed by atoms with Crippen LogP contribution in [-0.4, -0.2) is 42.3 Å². The zero-order chi connectivity index (χ0) is 21.6. The van der Waals surface area contributed by atoms with Gasteiger partial charge in [-0.2, -0.15) is 4.99 Å². The molecule has 158 valence electrons. The number of aliphatic imine (C=N–C) groups is 1. The van der Waals surface area contributed by atoms with E-state index in [0.29, 0.717) is 5.17 Å². The summed E-state index contributed by atoms with van der Waals surface area (Å²) in [6, 6.07) is 11.7. The van der Waals surface area contributed by atoms with Crippen molar-refractivity contribution in [3.05, 3.63) is 63.1 Å². The van der Waals surface area contributed by atoms with Crippen LogP contribution in [0.5, 0.6) is 0 Å². The quantitative estimate of drug-likeness (QED) is 0.623. The number of carbonyl (C=O) groups is 1. The van der Waals surface area contributed by atoms with E-state index >= 15 is 0 Å². The van der Waals surface area contributed by atoms with Crippen LogP contribution >= 0.6 is 27.7 Å². The third kappa shape index (κ3) is 4.36. The molecule has 0 bridgehead atoms. The highest BCUT2D eigenvalue weighted by molar-refractivity contribution is 9.10. The molecule has 4 rings (SSSR count). The molecule has 2 atom stereocenters.